The van der Waals surface area contributed by atoms with Crippen molar-refractivity contribution in [2.24, 2.45) is 11.5 Å². The average Bonchev–Trinajstić information content (AvgIpc) is 3.64. The van der Waals surface area contributed by atoms with Gasteiger partial charge >= 0.3 is 5.97 Å². The Balaban J connectivity index is 1.45. The average molecular weight is 813 g/mol. The third-order valence-corrected chi connectivity index (χ3v) is 10.3. The van der Waals surface area contributed by atoms with E-state index in [-0.39, 0.29) is 37.9 Å². The summed E-state index contributed by atoms with van der Waals surface area (Å²) in [5.41, 5.74) is 15.1. The van der Waals surface area contributed by atoms with Gasteiger partial charge in [0.25, 0.3) is 0 Å². The molecule has 6 atom stereocenters. The highest BCUT2D eigenvalue weighted by molar-refractivity contribution is 5.96. The van der Waals surface area contributed by atoms with E-state index in [0.29, 0.717) is 30.5 Å². The number of nitrogens with zero attached hydrogens (tertiary/aromatic N) is 1. The van der Waals surface area contributed by atoms with Gasteiger partial charge in [-0.3, -0.25) is 24.0 Å². The maximum atomic E-state index is 14.1. The summed E-state index contributed by atoms with van der Waals surface area (Å²) in [5, 5.41) is 31.1. The van der Waals surface area contributed by atoms with Crippen molar-refractivity contribution in [3.05, 3.63) is 102 Å². The maximum absolute atomic E-state index is 14.1. The van der Waals surface area contributed by atoms with Crippen LogP contribution in [-0.2, 0) is 48.0 Å². The molecule has 5 amide bonds. The van der Waals surface area contributed by atoms with Gasteiger partial charge in [0.1, 0.15) is 36.0 Å². The first-order chi connectivity index (χ1) is 28.2. The summed E-state index contributed by atoms with van der Waals surface area (Å²) >= 11 is 0. The molecule has 16 nitrogen and oxygen atoms in total. The van der Waals surface area contributed by atoms with Gasteiger partial charge < -0.3 is 52.8 Å². The van der Waals surface area contributed by atoms with Crippen LogP contribution < -0.4 is 32.7 Å². The number of phenolic OH excluding ortho intramolecular Hbond substituents is 1. The molecule has 0 saturated carbocycles. The zero-order valence-corrected chi connectivity index (χ0v) is 33.6. The van der Waals surface area contributed by atoms with Crippen LogP contribution in [0.3, 0.4) is 0 Å². The van der Waals surface area contributed by atoms with Crippen LogP contribution >= 0.6 is 0 Å². The molecule has 0 saturated heterocycles. The molecule has 1 aromatic heterocycles. The van der Waals surface area contributed by atoms with Crippen molar-refractivity contribution in [3.63, 3.8) is 0 Å². The molecule has 59 heavy (non-hydrogen) atoms. The van der Waals surface area contributed by atoms with Crippen LogP contribution in [-0.4, -0.2) is 105 Å². The summed E-state index contributed by atoms with van der Waals surface area (Å²) in [6.07, 6.45) is 3.48. The lowest BCUT2D eigenvalue weighted by Gasteiger charge is -2.30. The number of fused-ring (bicyclic) bond motifs is 1. The SMILES string of the molecule is CC[C@H](NC(=O)[C@H](CCCCN)NC(=O)[C@H](N)Cc1c[nH]c2ccccc12)C(=O)N[C@@H](Cc1ccccc1)C(=O)N(C)[C@@H](C)C(=O)N[C@@H](Cc1ccc(O)cc1)C(=O)O. The van der Waals surface area contributed by atoms with E-state index < -0.39 is 71.8 Å². The molecule has 0 spiro atoms. The number of aromatic hydroxyl groups is 1. The first-order valence-corrected chi connectivity index (χ1v) is 19.8. The second kappa shape index (κ2) is 22.0. The minimum atomic E-state index is -1.33. The largest absolute Gasteiger partial charge is 0.508 e. The molecule has 1 heterocycles. The minimum absolute atomic E-state index is 0.00770. The van der Waals surface area contributed by atoms with Crippen molar-refractivity contribution >= 4 is 46.4 Å². The fourth-order valence-electron chi connectivity index (χ4n) is 6.59. The van der Waals surface area contributed by atoms with Gasteiger partial charge in [-0.25, -0.2) is 4.79 Å². The number of carboxylic acids is 1. The van der Waals surface area contributed by atoms with Gasteiger partial charge in [0.05, 0.1) is 6.04 Å². The number of aromatic amines is 1. The van der Waals surface area contributed by atoms with Crippen LogP contribution in [0, 0.1) is 0 Å². The molecular weight excluding hydrogens is 757 g/mol. The minimum Gasteiger partial charge on any atom is -0.508 e. The number of carbonyl (C=O) groups is 6. The van der Waals surface area contributed by atoms with Crippen molar-refractivity contribution in [3.8, 4) is 5.75 Å². The number of benzene rings is 3. The third-order valence-electron chi connectivity index (χ3n) is 10.3. The van der Waals surface area contributed by atoms with Gasteiger partial charge in [0, 0.05) is 37.0 Å². The second-order valence-electron chi connectivity index (χ2n) is 14.6. The molecule has 3 aromatic carbocycles. The molecule has 16 heteroatoms. The number of amides is 5. The van der Waals surface area contributed by atoms with Crippen molar-refractivity contribution in [2.75, 3.05) is 13.6 Å². The summed E-state index contributed by atoms with van der Waals surface area (Å²) < 4.78 is 0. The number of H-pyrrole nitrogens is 1. The number of phenols is 1. The first kappa shape index (κ1) is 45.4. The summed E-state index contributed by atoms with van der Waals surface area (Å²) in [7, 11) is 1.38. The Hall–Kier alpha value is -6.26. The Morgan fingerprint density at radius 3 is 1.95 bits per heavy atom. The van der Waals surface area contributed by atoms with Crippen molar-refractivity contribution in [1.82, 2.24) is 31.2 Å². The Labute approximate surface area is 343 Å². The van der Waals surface area contributed by atoms with E-state index in [1.807, 2.05) is 24.3 Å². The highest BCUT2D eigenvalue weighted by Crippen LogP contribution is 2.19. The highest BCUT2D eigenvalue weighted by Gasteiger charge is 2.34. The number of hydrogen-bond acceptors (Lipinski definition) is 9. The lowest BCUT2D eigenvalue weighted by molar-refractivity contribution is -0.145. The summed E-state index contributed by atoms with van der Waals surface area (Å²) in [4.78, 5) is 84.7. The molecule has 316 valence electrons. The summed E-state index contributed by atoms with van der Waals surface area (Å²) in [6, 6.07) is 15.7. The van der Waals surface area contributed by atoms with E-state index in [4.69, 9.17) is 11.5 Å². The van der Waals surface area contributed by atoms with Gasteiger partial charge in [0.15, 0.2) is 0 Å². The first-order valence-electron chi connectivity index (χ1n) is 19.8. The molecule has 4 rings (SSSR count). The number of carboxylic acid groups (broad SMARTS) is 1. The fraction of sp³-hybridized carbons (Fsp3) is 0.395. The van der Waals surface area contributed by atoms with E-state index in [9.17, 15) is 39.0 Å². The second-order valence-corrected chi connectivity index (χ2v) is 14.6. The van der Waals surface area contributed by atoms with Crippen LogP contribution in [0.25, 0.3) is 10.9 Å². The Bertz CT molecular complexity index is 2040. The van der Waals surface area contributed by atoms with E-state index >= 15 is 0 Å². The van der Waals surface area contributed by atoms with Crippen molar-refractivity contribution < 1.29 is 39.0 Å². The molecule has 11 N–H and O–H groups in total. The van der Waals surface area contributed by atoms with E-state index in [0.717, 1.165) is 21.4 Å². The maximum Gasteiger partial charge on any atom is 0.326 e. The molecule has 0 aliphatic heterocycles. The highest BCUT2D eigenvalue weighted by atomic mass is 16.4. The number of nitrogens with one attached hydrogen (secondary N) is 5. The molecule has 0 aliphatic rings. The van der Waals surface area contributed by atoms with Gasteiger partial charge in [-0.05, 0) is 80.5 Å². The van der Waals surface area contributed by atoms with E-state index in [1.165, 1.54) is 26.1 Å². The van der Waals surface area contributed by atoms with Crippen LogP contribution in [0.4, 0.5) is 0 Å². The number of aromatic nitrogens is 1. The molecule has 0 bridgehead atoms. The van der Waals surface area contributed by atoms with Crippen molar-refractivity contribution in [2.45, 2.75) is 95.0 Å². The predicted octanol–water partition coefficient (Wildman–Crippen LogP) is 1.64. The normalized spacial score (nSPS) is 14.2. The lowest BCUT2D eigenvalue weighted by Crippen LogP contribution is -2.59. The Morgan fingerprint density at radius 1 is 0.712 bits per heavy atom. The Morgan fingerprint density at radius 2 is 1.29 bits per heavy atom. The molecule has 0 aliphatic carbocycles. The van der Waals surface area contributed by atoms with Gasteiger partial charge in [-0.2, -0.15) is 0 Å². The molecule has 0 fully saturated rings. The van der Waals surface area contributed by atoms with Crippen LogP contribution in [0.15, 0.2) is 85.1 Å². The third kappa shape index (κ3) is 13.1. The smallest absolute Gasteiger partial charge is 0.326 e. The fourth-order valence-corrected chi connectivity index (χ4v) is 6.59. The number of rotatable bonds is 22. The zero-order valence-electron chi connectivity index (χ0n) is 33.6. The summed E-state index contributed by atoms with van der Waals surface area (Å²) in [5.74, 6) is -4.46. The topological polar surface area (TPSA) is 262 Å². The number of unbranched alkanes of at least 4 members (excludes halogenated alkanes) is 1. The molecule has 4 aromatic rings. The molecular formula is C43H56N8O8. The van der Waals surface area contributed by atoms with E-state index in [1.54, 1.807) is 55.6 Å². The number of carbonyl (C=O) groups excluding carboxylic acids is 5. The van der Waals surface area contributed by atoms with Gasteiger partial charge in [-0.1, -0.05) is 67.6 Å². The van der Waals surface area contributed by atoms with Gasteiger partial charge in [-0.15, -0.1) is 0 Å². The van der Waals surface area contributed by atoms with Crippen LogP contribution in [0.2, 0.25) is 0 Å². The van der Waals surface area contributed by atoms with Crippen LogP contribution in [0.5, 0.6) is 5.75 Å². The zero-order chi connectivity index (χ0) is 43.1. The Kier molecular flexibility index (Phi) is 17.0. The lowest BCUT2D eigenvalue weighted by atomic mass is 10.0. The summed E-state index contributed by atoms with van der Waals surface area (Å²) in [6.45, 7) is 3.51. The quantitative estimate of drug-likeness (QED) is 0.0518. The number of nitrogens with two attached hydrogens (primary N) is 2. The van der Waals surface area contributed by atoms with Crippen LogP contribution in [0.1, 0.15) is 56.2 Å². The van der Waals surface area contributed by atoms with Crippen molar-refractivity contribution in [1.29, 1.82) is 0 Å². The molecule has 0 radical (unpaired) electrons. The monoisotopic (exact) mass is 812 g/mol. The number of aliphatic carboxylic acids is 1. The standard InChI is InChI=1S/C43H56N8O8/c1-4-33(47-41(56)35(16-10-11-21-44)48-39(54)32(45)24-29-25-46-34-15-9-8-14-31(29)34)40(55)49-36(22-27-12-6-5-7-13-27)42(57)51(3)26(2)38(53)50-37(43(58)59)23-28-17-19-30(52)20-18-28/h5-9,12-15,17-20,25-26,32-33,35-37,46,52H,4,10-11,16,21-24,44-45H2,1-3H3,(H,47,56)(H,48,54)(H,49,55)(H,50,53)(H,58,59)/t26-,32+,33-,35-,36-,37-/m0/s1. The number of hydrogen-bond donors (Lipinski definition) is 9. The molecule has 0 unspecified atom stereocenters. The predicted molar refractivity (Wildman–Crippen MR) is 223 cm³/mol. The number of likely N-dealkylation sites (N-methyl/N-ethyl adjacent to an activating group) is 1. The van der Waals surface area contributed by atoms with Gasteiger partial charge in [0.2, 0.25) is 29.5 Å². The number of para-hydroxylation sites is 1. The van der Waals surface area contributed by atoms with E-state index in [2.05, 4.69) is 26.3 Å².